The lowest BCUT2D eigenvalue weighted by molar-refractivity contribution is -0.137. The Hall–Kier alpha value is -1.62. The van der Waals surface area contributed by atoms with Gasteiger partial charge in [-0.05, 0) is 35.4 Å². The van der Waals surface area contributed by atoms with E-state index < -0.39 is 11.7 Å². The summed E-state index contributed by atoms with van der Waals surface area (Å²) in [5.41, 5.74) is 2.25. The molecule has 0 atom stereocenters. The highest BCUT2D eigenvalue weighted by Crippen LogP contribution is 2.29. The van der Waals surface area contributed by atoms with Crippen LogP contribution in [0.5, 0.6) is 0 Å². The van der Waals surface area contributed by atoms with Crippen molar-refractivity contribution in [2.45, 2.75) is 19.3 Å². The average molecular weight is 550 g/mol. The van der Waals surface area contributed by atoms with E-state index in [-0.39, 0.29) is 30.5 Å². The van der Waals surface area contributed by atoms with Crippen LogP contribution in [0.1, 0.15) is 16.7 Å². The average Bonchev–Trinajstić information content (AvgIpc) is 2.74. The zero-order valence-electron chi connectivity index (χ0n) is 16.7. The summed E-state index contributed by atoms with van der Waals surface area (Å²) >= 11 is 1.99. The maximum Gasteiger partial charge on any atom is 0.416 e. The first-order valence-corrected chi connectivity index (χ1v) is 10.6. The van der Waals surface area contributed by atoms with Crippen LogP contribution in [-0.4, -0.2) is 37.6 Å². The molecule has 0 amide bonds. The smallest absolute Gasteiger partial charge is 0.370 e. The Labute approximate surface area is 196 Å². The van der Waals surface area contributed by atoms with E-state index in [1.165, 1.54) is 11.8 Å². The summed E-state index contributed by atoms with van der Waals surface area (Å²) in [6, 6.07) is 13.7. The molecular weight excluding hydrogens is 524 g/mol. The Morgan fingerprint density at radius 1 is 1.00 bits per heavy atom. The zero-order valence-corrected chi connectivity index (χ0v) is 19.9. The molecule has 0 radical (unpaired) electrons. The van der Waals surface area contributed by atoms with E-state index in [1.807, 2.05) is 11.8 Å². The van der Waals surface area contributed by atoms with Crippen molar-refractivity contribution in [2.24, 2.45) is 4.99 Å². The number of rotatable bonds is 5. The Bertz CT molecular complexity index is 822. The first-order chi connectivity index (χ1) is 14.0. The molecular formula is C21H26F3IN4S. The van der Waals surface area contributed by atoms with Crippen LogP contribution in [0, 0.1) is 0 Å². The highest BCUT2D eigenvalue weighted by Gasteiger charge is 2.30. The van der Waals surface area contributed by atoms with Gasteiger partial charge >= 0.3 is 6.18 Å². The number of anilines is 1. The SMILES string of the molecule is CN=C(NCc1ccc(N2CCSCC2)cc1)NCc1cccc(C(F)(F)F)c1.I. The van der Waals surface area contributed by atoms with Crippen molar-refractivity contribution in [3.8, 4) is 0 Å². The van der Waals surface area contributed by atoms with Crippen LogP contribution >= 0.6 is 35.7 Å². The second-order valence-corrected chi connectivity index (χ2v) is 7.97. The van der Waals surface area contributed by atoms with Crippen molar-refractivity contribution < 1.29 is 13.2 Å². The lowest BCUT2D eigenvalue weighted by Gasteiger charge is -2.28. The van der Waals surface area contributed by atoms with E-state index >= 15 is 0 Å². The molecule has 4 nitrogen and oxygen atoms in total. The molecule has 0 aromatic heterocycles. The molecule has 1 aliphatic heterocycles. The number of aliphatic imine (C=N–C) groups is 1. The van der Waals surface area contributed by atoms with Gasteiger partial charge in [-0.2, -0.15) is 24.9 Å². The molecule has 0 saturated carbocycles. The second kappa shape index (κ2) is 11.7. The van der Waals surface area contributed by atoms with Crippen molar-refractivity contribution in [3.63, 3.8) is 0 Å². The van der Waals surface area contributed by atoms with Gasteiger partial charge in [-0.1, -0.05) is 24.3 Å². The molecule has 0 unspecified atom stereocenters. The lowest BCUT2D eigenvalue weighted by atomic mass is 10.1. The van der Waals surface area contributed by atoms with Gasteiger partial charge < -0.3 is 15.5 Å². The van der Waals surface area contributed by atoms with E-state index in [4.69, 9.17) is 0 Å². The van der Waals surface area contributed by atoms with E-state index in [0.717, 1.165) is 42.3 Å². The summed E-state index contributed by atoms with van der Waals surface area (Å²) in [7, 11) is 1.64. The normalized spacial score (nSPS) is 14.8. The number of benzene rings is 2. The largest absolute Gasteiger partial charge is 0.416 e. The molecule has 2 aromatic rings. The van der Waals surface area contributed by atoms with Gasteiger partial charge in [0.05, 0.1) is 5.56 Å². The summed E-state index contributed by atoms with van der Waals surface area (Å²) in [4.78, 5) is 6.53. The summed E-state index contributed by atoms with van der Waals surface area (Å²) < 4.78 is 38.5. The molecule has 30 heavy (non-hydrogen) atoms. The fourth-order valence-corrected chi connectivity index (χ4v) is 4.00. The van der Waals surface area contributed by atoms with E-state index in [0.29, 0.717) is 18.1 Å². The molecule has 0 aliphatic carbocycles. The van der Waals surface area contributed by atoms with Crippen LogP contribution in [0.25, 0.3) is 0 Å². The number of hydrogen-bond acceptors (Lipinski definition) is 3. The quantitative estimate of drug-likeness (QED) is 0.321. The highest BCUT2D eigenvalue weighted by molar-refractivity contribution is 14.0. The molecule has 0 spiro atoms. The van der Waals surface area contributed by atoms with Crippen molar-refractivity contribution in [3.05, 3.63) is 65.2 Å². The lowest BCUT2D eigenvalue weighted by Crippen LogP contribution is -2.36. The molecule has 9 heteroatoms. The van der Waals surface area contributed by atoms with Crippen molar-refractivity contribution in [2.75, 3.05) is 36.5 Å². The van der Waals surface area contributed by atoms with Crippen LogP contribution in [0.15, 0.2) is 53.5 Å². The van der Waals surface area contributed by atoms with Gasteiger partial charge in [0.25, 0.3) is 0 Å². The van der Waals surface area contributed by atoms with Crippen molar-refractivity contribution in [1.82, 2.24) is 10.6 Å². The molecule has 2 N–H and O–H groups in total. The minimum Gasteiger partial charge on any atom is -0.370 e. The van der Waals surface area contributed by atoms with Gasteiger partial charge in [-0.15, -0.1) is 24.0 Å². The highest BCUT2D eigenvalue weighted by atomic mass is 127. The van der Waals surface area contributed by atoms with Gasteiger partial charge in [0.15, 0.2) is 5.96 Å². The summed E-state index contributed by atoms with van der Waals surface area (Å²) in [5.74, 6) is 2.87. The number of hydrogen-bond donors (Lipinski definition) is 2. The Kier molecular flexibility index (Phi) is 9.60. The van der Waals surface area contributed by atoms with Crippen LogP contribution in [0.2, 0.25) is 0 Å². The maximum atomic E-state index is 12.8. The van der Waals surface area contributed by atoms with Gasteiger partial charge in [-0.3, -0.25) is 4.99 Å². The Morgan fingerprint density at radius 2 is 1.63 bits per heavy atom. The van der Waals surface area contributed by atoms with Crippen LogP contribution in [0.3, 0.4) is 0 Å². The molecule has 3 rings (SSSR count). The first-order valence-electron chi connectivity index (χ1n) is 9.48. The third-order valence-corrected chi connectivity index (χ3v) is 5.65. The number of halogens is 4. The monoisotopic (exact) mass is 550 g/mol. The fourth-order valence-electron chi connectivity index (χ4n) is 3.10. The molecule has 164 valence electrons. The number of thioether (sulfide) groups is 1. The molecule has 1 saturated heterocycles. The summed E-state index contributed by atoms with van der Waals surface area (Å²) in [5, 5.41) is 6.26. The predicted octanol–water partition coefficient (Wildman–Crippen LogP) is 4.74. The number of guanidine groups is 1. The van der Waals surface area contributed by atoms with Gasteiger partial charge in [0.1, 0.15) is 0 Å². The van der Waals surface area contributed by atoms with Crippen molar-refractivity contribution >= 4 is 47.4 Å². The standard InChI is InChI=1S/C21H25F3N4S.HI/c1-25-20(27-15-17-3-2-4-18(13-17)21(22,23)24)26-14-16-5-7-19(8-6-16)28-9-11-29-12-10-28;/h2-8,13H,9-12,14-15H2,1H3,(H2,25,26,27);1H. The number of nitrogens with zero attached hydrogens (tertiary/aromatic N) is 2. The van der Waals surface area contributed by atoms with Crippen molar-refractivity contribution in [1.29, 1.82) is 0 Å². The Balaban J connectivity index is 0.00000320. The number of nitrogens with one attached hydrogen (secondary N) is 2. The third-order valence-electron chi connectivity index (χ3n) is 4.71. The Morgan fingerprint density at radius 3 is 2.23 bits per heavy atom. The zero-order chi connectivity index (χ0) is 20.7. The van der Waals surface area contributed by atoms with Gasteiger partial charge in [-0.25, -0.2) is 0 Å². The topological polar surface area (TPSA) is 39.7 Å². The van der Waals surface area contributed by atoms with Gasteiger partial charge in [0.2, 0.25) is 0 Å². The molecule has 1 aliphatic rings. The van der Waals surface area contributed by atoms with Gasteiger partial charge in [0, 0.05) is 50.4 Å². The fraction of sp³-hybridized carbons (Fsp3) is 0.381. The third kappa shape index (κ3) is 7.26. The minimum absolute atomic E-state index is 0. The number of alkyl halides is 3. The van der Waals surface area contributed by atoms with E-state index in [1.54, 1.807) is 13.1 Å². The predicted molar refractivity (Wildman–Crippen MR) is 130 cm³/mol. The minimum atomic E-state index is -4.34. The summed E-state index contributed by atoms with van der Waals surface area (Å²) in [6.45, 7) is 3.00. The first kappa shape index (κ1) is 24.6. The molecule has 0 bridgehead atoms. The molecule has 2 aromatic carbocycles. The van der Waals surface area contributed by atoms with E-state index in [2.05, 4.69) is 44.8 Å². The van der Waals surface area contributed by atoms with Crippen LogP contribution in [-0.2, 0) is 19.3 Å². The van der Waals surface area contributed by atoms with E-state index in [9.17, 15) is 13.2 Å². The molecule has 1 fully saturated rings. The van der Waals surface area contributed by atoms with Crippen LogP contribution < -0.4 is 15.5 Å². The molecule has 1 heterocycles. The maximum absolute atomic E-state index is 12.8. The second-order valence-electron chi connectivity index (χ2n) is 6.74. The summed E-state index contributed by atoms with van der Waals surface area (Å²) in [6.07, 6.45) is -4.34. The van der Waals surface area contributed by atoms with Crippen LogP contribution in [0.4, 0.5) is 18.9 Å².